The van der Waals surface area contributed by atoms with Crippen LogP contribution in [0.5, 0.6) is 0 Å². The van der Waals surface area contributed by atoms with Crippen molar-refractivity contribution in [2.45, 2.75) is 37.2 Å². The van der Waals surface area contributed by atoms with E-state index in [2.05, 4.69) is 5.32 Å². The summed E-state index contributed by atoms with van der Waals surface area (Å²) < 4.78 is 23.0. The smallest absolute Gasteiger partial charge is 0.222 e. The standard InChI is InChI=1S/C21H24N2O4S/c1-15(24)23-12-11-17-5-3-4-6-19(17)20(23)13-21(25)22-14-16-7-9-18(10-8-16)28(2,26)27/h3-10,20H,11-14H2,1-2H3,(H,22,25). The van der Waals surface area contributed by atoms with E-state index in [-0.39, 0.29) is 29.2 Å². The molecule has 0 spiro atoms. The van der Waals surface area contributed by atoms with Gasteiger partial charge >= 0.3 is 0 Å². The van der Waals surface area contributed by atoms with E-state index in [1.165, 1.54) is 24.6 Å². The fourth-order valence-electron chi connectivity index (χ4n) is 3.55. The van der Waals surface area contributed by atoms with E-state index in [9.17, 15) is 18.0 Å². The minimum Gasteiger partial charge on any atom is -0.352 e. The molecule has 0 bridgehead atoms. The number of hydrogen-bond acceptors (Lipinski definition) is 4. The SMILES string of the molecule is CC(=O)N1CCc2ccccc2C1CC(=O)NCc1ccc(S(C)(=O)=O)cc1. The highest BCUT2D eigenvalue weighted by molar-refractivity contribution is 7.90. The Hall–Kier alpha value is -2.67. The van der Waals surface area contributed by atoms with E-state index < -0.39 is 9.84 Å². The van der Waals surface area contributed by atoms with Gasteiger partial charge in [-0.15, -0.1) is 0 Å². The molecule has 0 fully saturated rings. The molecule has 1 unspecified atom stereocenters. The molecule has 7 heteroatoms. The van der Waals surface area contributed by atoms with E-state index in [1.807, 2.05) is 24.3 Å². The lowest BCUT2D eigenvalue weighted by atomic mass is 9.90. The zero-order chi connectivity index (χ0) is 20.3. The Kier molecular flexibility index (Phi) is 5.84. The predicted octanol–water partition coefficient (Wildman–Crippen LogP) is 2.24. The molecular weight excluding hydrogens is 376 g/mol. The summed E-state index contributed by atoms with van der Waals surface area (Å²) in [5.41, 5.74) is 3.01. The van der Waals surface area contributed by atoms with Crippen molar-refractivity contribution in [2.75, 3.05) is 12.8 Å². The third-order valence-electron chi connectivity index (χ3n) is 5.04. The largest absolute Gasteiger partial charge is 0.352 e. The monoisotopic (exact) mass is 400 g/mol. The van der Waals surface area contributed by atoms with Crippen LogP contribution in [0.4, 0.5) is 0 Å². The Morgan fingerprint density at radius 3 is 2.43 bits per heavy atom. The summed E-state index contributed by atoms with van der Waals surface area (Å²) in [7, 11) is -3.24. The number of fused-ring (bicyclic) bond motifs is 1. The van der Waals surface area contributed by atoms with E-state index in [1.54, 1.807) is 17.0 Å². The quantitative estimate of drug-likeness (QED) is 0.834. The molecule has 2 aromatic rings. The van der Waals surface area contributed by atoms with Crippen molar-refractivity contribution < 1.29 is 18.0 Å². The molecule has 0 radical (unpaired) electrons. The second-order valence-electron chi connectivity index (χ2n) is 7.07. The van der Waals surface area contributed by atoms with Crippen LogP contribution in [0.25, 0.3) is 0 Å². The van der Waals surface area contributed by atoms with Crippen LogP contribution < -0.4 is 5.32 Å². The average Bonchev–Trinajstić information content (AvgIpc) is 2.66. The Labute approximate surface area is 165 Å². The Balaban J connectivity index is 1.67. The molecule has 1 N–H and O–H groups in total. The van der Waals surface area contributed by atoms with Gasteiger partial charge in [0.1, 0.15) is 0 Å². The van der Waals surface area contributed by atoms with E-state index in [0.717, 1.165) is 23.8 Å². The van der Waals surface area contributed by atoms with Crippen molar-refractivity contribution in [1.82, 2.24) is 10.2 Å². The molecule has 0 aromatic heterocycles. The molecule has 2 aromatic carbocycles. The van der Waals surface area contributed by atoms with Crippen molar-refractivity contribution in [3.05, 3.63) is 65.2 Å². The Morgan fingerprint density at radius 1 is 1.11 bits per heavy atom. The Bertz CT molecular complexity index is 984. The molecule has 1 atom stereocenters. The van der Waals surface area contributed by atoms with Crippen molar-refractivity contribution in [3.63, 3.8) is 0 Å². The minimum absolute atomic E-state index is 0.0383. The van der Waals surface area contributed by atoms with Gasteiger partial charge in [-0.25, -0.2) is 8.42 Å². The van der Waals surface area contributed by atoms with Crippen molar-refractivity contribution in [2.24, 2.45) is 0 Å². The summed E-state index contributed by atoms with van der Waals surface area (Å²) in [6, 6.07) is 14.1. The summed E-state index contributed by atoms with van der Waals surface area (Å²) in [5.74, 6) is -0.191. The summed E-state index contributed by atoms with van der Waals surface area (Å²) in [6.45, 7) is 2.44. The summed E-state index contributed by atoms with van der Waals surface area (Å²) in [4.78, 5) is 26.6. The van der Waals surface area contributed by atoms with E-state index in [0.29, 0.717) is 13.1 Å². The van der Waals surface area contributed by atoms with Crippen LogP contribution in [-0.2, 0) is 32.4 Å². The first kappa shape index (κ1) is 20.1. The number of rotatable bonds is 5. The number of nitrogens with one attached hydrogen (secondary N) is 1. The van der Waals surface area contributed by atoms with Crippen molar-refractivity contribution >= 4 is 21.7 Å². The third-order valence-corrected chi connectivity index (χ3v) is 6.17. The van der Waals surface area contributed by atoms with Crippen molar-refractivity contribution in [1.29, 1.82) is 0 Å². The maximum Gasteiger partial charge on any atom is 0.222 e. The van der Waals surface area contributed by atoms with Gasteiger partial charge in [-0.2, -0.15) is 0 Å². The lowest BCUT2D eigenvalue weighted by molar-refractivity contribution is -0.133. The van der Waals surface area contributed by atoms with Crippen LogP contribution in [-0.4, -0.2) is 37.9 Å². The van der Waals surface area contributed by atoms with Gasteiger partial charge in [0.25, 0.3) is 0 Å². The summed E-state index contributed by atoms with van der Waals surface area (Å²) in [6.07, 6.45) is 2.14. The fourth-order valence-corrected chi connectivity index (χ4v) is 4.18. The first-order chi connectivity index (χ1) is 13.3. The lowest BCUT2D eigenvalue weighted by Gasteiger charge is -2.36. The van der Waals surface area contributed by atoms with Gasteiger partial charge in [0.05, 0.1) is 17.4 Å². The average molecular weight is 401 g/mol. The third kappa shape index (κ3) is 4.59. The molecule has 3 rings (SSSR count). The fraction of sp³-hybridized carbons (Fsp3) is 0.333. The number of amides is 2. The molecule has 28 heavy (non-hydrogen) atoms. The number of nitrogens with zero attached hydrogens (tertiary/aromatic N) is 1. The van der Waals surface area contributed by atoms with Crippen LogP contribution in [0.15, 0.2) is 53.4 Å². The van der Waals surface area contributed by atoms with Gasteiger partial charge in [0.2, 0.25) is 11.8 Å². The zero-order valence-electron chi connectivity index (χ0n) is 16.0. The van der Waals surface area contributed by atoms with Gasteiger partial charge in [0, 0.05) is 26.3 Å². The minimum atomic E-state index is -3.24. The zero-order valence-corrected chi connectivity index (χ0v) is 16.8. The maximum atomic E-state index is 12.5. The molecule has 148 valence electrons. The van der Waals surface area contributed by atoms with Gasteiger partial charge in [-0.3, -0.25) is 9.59 Å². The molecule has 0 saturated heterocycles. The number of carbonyl (C=O) groups excluding carboxylic acids is 2. The highest BCUT2D eigenvalue weighted by atomic mass is 32.2. The second-order valence-corrected chi connectivity index (χ2v) is 9.09. The van der Waals surface area contributed by atoms with Crippen LogP contribution in [0.3, 0.4) is 0 Å². The Morgan fingerprint density at radius 2 is 1.79 bits per heavy atom. The molecular formula is C21H24N2O4S. The molecule has 1 heterocycles. The molecule has 2 amide bonds. The highest BCUT2D eigenvalue weighted by Gasteiger charge is 2.30. The molecule has 0 saturated carbocycles. The number of carbonyl (C=O) groups is 2. The van der Waals surface area contributed by atoms with Gasteiger partial charge in [-0.05, 0) is 35.2 Å². The van der Waals surface area contributed by atoms with Crippen LogP contribution in [0.2, 0.25) is 0 Å². The first-order valence-corrected chi connectivity index (χ1v) is 11.1. The summed E-state index contributed by atoms with van der Waals surface area (Å²) in [5, 5.41) is 2.87. The van der Waals surface area contributed by atoms with Gasteiger partial charge < -0.3 is 10.2 Å². The van der Waals surface area contributed by atoms with Crippen LogP contribution in [0, 0.1) is 0 Å². The molecule has 1 aliphatic heterocycles. The lowest BCUT2D eigenvalue weighted by Crippen LogP contribution is -2.41. The van der Waals surface area contributed by atoms with Crippen LogP contribution >= 0.6 is 0 Å². The number of sulfone groups is 1. The molecule has 1 aliphatic rings. The van der Waals surface area contributed by atoms with Gasteiger partial charge in [0.15, 0.2) is 9.84 Å². The molecule has 6 nitrogen and oxygen atoms in total. The van der Waals surface area contributed by atoms with Crippen molar-refractivity contribution in [3.8, 4) is 0 Å². The summed E-state index contributed by atoms with van der Waals surface area (Å²) >= 11 is 0. The normalized spacial score (nSPS) is 16.4. The maximum absolute atomic E-state index is 12.5. The molecule has 0 aliphatic carbocycles. The highest BCUT2D eigenvalue weighted by Crippen LogP contribution is 2.32. The number of benzene rings is 2. The van der Waals surface area contributed by atoms with E-state index in [4.69, 9.17) is 0 Å². The van der Waals surface area contributed by atoms with Gasteiger partial charge in [-0.1, -0.05) is 36.4 Å². The van der Waals surface area contributed by atoms with Crippen LogP contribution in [0.1, 0.15) is 36.1 Å². The first-order valence-electron chi connectivity index (χ1n) is 9.16. The second kappa shape index (κ2) is 8.14. The number of hydrogen-bond donors (Lipinski definition) is 1. The van der Waals surface area contributed by atoms with E-state index >= 15 is 0 Å². The predicted molar refractivity (Wildman–Crippen MR) is 106 cm³/mol. The topological polar surface area (TPSA) is 83.6 Å².